The maximum atomic E-state index is 11.8. The van der Waals surface area contributed by atoms with Crippen molar-refractivity contribution in [1.29, 1.82) is 0 Å². The van der Waals surface area contributed by atoms with Crippen molar-refractivity contribution in [1.82, 2.24) is 20.6 Å². The summed E-state index contributed by atoms with van der Waals surface area (Å²) >= 11 is 0. The van der Waals surface area contributed by atoms with Gasteiger partial charge in [0.1, 0.15) is 23.3 Å². The molecule has 0 saturated carbocycles. The quantitative estimate of drug-likeness (QED) is 0.154. The molecule has 0 aliphatic rings. The summed E-state index contributed by atoms with van der Waals surface area (Å²) in [5, 5.41) is 25.3. The van der Waals surface area contributed by atoms with Crippen LogP contribution in [0.5, 0.6) is 0 Å². The number of aliphatic carboxylic acids is 2. The van der Waals surface area contributed by atoms with E-state index in [0.717, 1.165) is 32.9 Å². The van der Waals surface area contributed by atoms with Crippen LogP contribution in [0.1, 0.15) is 52.7 Å². The van der Waals surface area contributed by atoms with Gasteiger partial charge in [0.2, 0.25) is 0 Å². The van der Waals surface area contributed by atoms with Crippen molar-refractivity contribution >= 4 is 45.9 Å². The average Bonchev–Trinajstić information content (AvgIpc) is 3.50. The molecular formula is C32H40N4O8. The molecule has 0 unspecified atom stereocenters. The number of carbonyl (C=O) groups excluding carboxylic acids is 2. The first kappa shape index (κ1) is 33.5. The van der Waals surface area contributed by atoms with Crippen molar-refractivity contribution in [2.45, 2.75) is 77.7 Å². The van der Waals surface area contributed by atoms with Gasteiger partial charge in [0.25, 0.3) is 0 Å². The number of aromatic nitrogens is 2. The van der Waals surface area contributed by atoms with Gasteiger partial charge in [-0.3, -0.25) is 0 Å². The zero-order chi connectivity index (χ0) is 32.7. The lowest BCUT2D eigenvalue weighted by atomic mass is 10.1. The molecular weight excluding hydrogens is 568 g/mol. The molecule has 0 radical (unpaired) electrons. The number of aromatic amines is 2. The number of hydrogen-bond acceptors (Lipinski definition) is 6. The molecule has 0 spiro atoms. The third-order valence-corrected chi connectivity index (χ3v) is 6.18. The fraction of sp³-hybridized carbons (Fsp3) is 0.375. The van der Waals surface area contributed by atoms with Crippen LogP contribution in [-0.4, -0.2) is 67.6 Å². The van der Waals surface area contributed by atoms with Crippen LogP contribution in [0.4, 0.5) is 9.59 Å². The number of nitrogens with one attached hydrogen (secondary N) is 4. The number of benzene rings is 2. The number of ether oxygens (including phenoxy) is 2. The van der Waals surface area contributed by atoms with Crippen molar-refractivity contribution in [2.24, 2.45) is 0 Å². The van der Waals surface area contributed by atoms with E-state index in [1.54, 1.807) is 53.9 Å². The standard InChI is InChI=1S/2C16H20N2O4/c2*1-16(2,3)22-15(21)18-13(14(19)20)8-10-9-17-12-7-5-4-6-11(10)12/h2*4-7,9,13,17H,8H2,1-3H3,(H,18,21)(H,19,20)/t2*13-/m00/s1. The summed E-state index contributed by atoms with van der Waals surface area (Å²) in [4.78, 5) is 52.5. The zero-order valence-electron chi connectivity index (χ0n) is 25.7. The highest BCUT2D eigenvalue weighted by Gasteiger charge is 2.26. The third-order valence-electron chi connectivity index (χ3n) is 6.18. The number of H-pyrrole nitrogens is 2. The summed E-state index contributed by atoms with van der Waals surface area (Å²) in [5.41, 5.74) is 2.18. The lowest BCUT2D eigenvalue weighted by Crippen LogP contribution is -2.44. The first-order chi connectivity index (χ1) is 20.5. The van der Waals surface area contributed by atoms with Gasteiger partial charge < -0.3 is 40.3 Å². The summed E-state index contributed by atoms with van der Waals surface area (Å²) in [7, 11) is 0. The molecule has 2 heterocycles. The molecule has 4 rings (SSSR count). The zero-order valence-corrected chi connectivity index (χ0v) is 25.7. The van der Waals surface area contributed by atoms with Gasteiger partial charge in [0.15, 0.2) is 0 Å². The Morgan fingerprint density at radius 1 is 0.659 bits per heavy atom. The fourth-order valence-corrected chi connectivity index (χ4v) is 4.34. The number of rotatable bonds is 8. The lowest BCUT2D eigenvalue weighted by Gasteiger charge is -2.22. The van der Waals surface area contributed by atoms with Crippen LogP contribution in [0.15, 0.2) is 60.9 Å². The second kappa shape index (κ2) is 14.0. The number of amides is 2. The molecule has 44 heavy (non-hydrogen) atoms. The molecule has 0 fully saturated rings. The number of alkyl carbamates (subject to hydrolysis) is 2. The molecule has 12 nitrogen and oxygen atoms in total. The molecule has 12 heteroatoms. The SMILES string of the molecule is CC(C)(C)OC(=O)N[C@@H](Cc1c[nH]c2ccccc12)C(=O)O.CC(C)(C)OC(=O)N[C@@H](Cc1c[nH]c2ccccc12)C(=O)O. The summed E-state index contributed by atoms with van der Waals surface area (Å²) in [6, 6.07) is 13.1. The molecule has 2 amide bonds. The number of para-hydroxylation sites is 2. The van der Waals surface area contributed by atoms with E-state index in [1.807, 2.05) is 48.5 Å². The molecule has 2 atom stereocenters. The molecule has 0 aliphatic heterocycles. The van der Waals surface area contributed by atoms with Gasteiger partial charge in [-0.1, -0.05) is 36.4 Å². The van der Waals surface area contributed by atoms with Crippen molar-refractivity contribution in [3.8, 4) is 0 Å². The molecule has 236 valence electrons. The van der Waals surface area contributed by atoms with Crippen molar-refractivity contribution < 1.29 is 38.9 Å². The second-order valence-corrected chi connectivity index (χ2v) is 12.2. The minimum Gasteiger partial charge on any atom is -0.480 e. The molecule has 0 aliphatic carbocycles. The van der Waals surface area contributed by atoms with Crippen LogP contribution >= 0.6 is 0 Å². The fourth-order valence-electron chi connectivity index (χ4n) is 4.34. The Kier molecular flexibility index (Phi) is 10.6. The van der Waals surface area contributed by atoms with E-state index in [9.17, 15) is 29.4 Å². The van der Waals surface area contributed by atoms with Crippen molar-refractivity contribution in [3.63, 3.8) is 0 Å². The summed E-state index contributed by atoms with van der Waals surface area (Å²) in [5.74, 6) is -2.20. The van der Waals surface area contributed by atoms with Crippen LogP contribution in [0.2, 0.25) is 0 Å². The highest BCUT2D eigenvalue weighted by molar-refractivity contribution is 5.86. The van der Waals surface area contributed by atoms with Crippen LogP contribution in [-0.2, 0) is 31.9 Å². The number of carbonyl (C=O) groups is 4. The Hall–Kier alpha value is -5.00. The van der Waals surface area contributed by atoms with Crippen LogP contribution in [0, 0.1) is 0 Å². The minimum absolute atomic E-state index is 0.179. The van der Waals surface area contributed by atoms with E-state index >= 15 is 0 Å². The number of fused-ring (bicyclic) bond motifs is 2. The molecule has 0 saturated heterocycles. The molecule has 0 bridgehead atoms. The van der Waals surface area contributed by atoms with E-state index in [-0.39, 0.29) is 12.8 Å². The van der Waals surface area contributed by atoms with E-state index in [2.05, 4.69) is 20.6 Å². The average molecular weight is 609 g/mol. The highest BCUT2D eigenvalue weighted by Crippen LogP contribution is 2.20. The molecule has 4 aromatic rings. The van der Waals surface area contributed by atoms with Crippen LogP contribution in [0.3, 0.4) is 0 Å². The number of carboxylic acid groups (broad SMARTS) is 2. The summed E-state index contributed by atoms with van der Waals surface area (Å²) in [6.45, 7) is 10.3. The predicted octanol–water partition coefficient (Wildman–Crippen LogP) is 5.38. The van der Waals surface area contributed by atoms with Gasteiger partial charge in [0, 0.05) is 47.0 Å². The first-order valence-corrected chi connectivity index (χ1v) is 14.1. The van der Waals surface area contributed by atoms with Gasteiger partial charge in [-0.05, 0) is 64.8 Å². The molecule has 2 aromatic heterocycles. The first-order valence-electron chi connectivity index (χ1n) is 14.1. The Balaban J connectivity index is 0.000000240. The molecule has 2 aromatic carbocycles. The van der Waals surface area contributed by atoms with Crippen molar-refractivity contribution in [3.05, 3.63) is 72.1 Å². The topological polar surface area (TPSA) is 183 Å². The van der Waals surface area contributed by atoms with E-state index in [1.165, 1.54) is 0 Å². The predicted molar refractivity (Wildman–Crippen MR) is 166 cm³/mol. The van der Waals surface area contributed by atoms with Crippen LogP contribution < -0.4 is 10.6 Å². The Morgan fingerprint density at radius 2 is 1.00 bits per heavy atom. The number of carboxylic acids is 2. The van der Waals surface area contributed by atoms with Gasteiger partial charge in [-0.25, -0.2) is 19.2 Å². The maximum Gasteiger partial charge on any atom is 0.408 e. The second-order valence-electron chi connectivity index (χ2n) is 12.2. The monoisotopic (exact) mass is 608 g/mol. The summed E-state index contributed by atoms with van der Waals surface area (Å²) in [6.07, 6.45) is 2.41. The minimum atomic E-state index is -1.10. The normalized spacial score (nSPS) is 12.9. The highest BCUT2D eigenvalue weighted by atomic mass is 16.6. The van der Waals surface area contributed by atoms with Gasteiger partial charge in [-0.2, -0.15) is 0 Å². The Bertz CT molecular complexity index is 1490. The number of hydrogen-bond donors (Lipinski definition) is 6. The Labute approximate surface area is 255 Å². The van der Waals surface area contributed by atoms with Crippen LogP contribution in [0.25, 0.3) is 21.8 Å². The van der Waals surface area contributed by atoms with Gasteiger partial charge >= 0.3 is 24.1 Å². The van der Waals surface area contributed by atoms with Crippen molar-refractivity contribution in [2.75, 3.05) is 0 Å². The third kappa shape index (κ3) is 10.1. The summed E-state index contributed by atoms with van der Waals surface area (Å²) < 4.78 is 10.2. The molecule has 6 N–H and O–H groups in total. The smallest absolute Gasteiger partial charge is 0.408 e. The van der Waals surface area contributed by atoms with E-state index in [4.69, 9.17) is 9.47 Å². The van der Waals surface area contributed by atoms with Gasteiger partial charge in [-0.15, -0.1) is 0 Å². The van der Waals surface area contributed by atoms with E-state index in [0.29, 0.717) is 0 Å². The Morgan fingerprint density at radius 3 is 1.32 bits per heavy atom. The maximum absolute atomic E-state index is 11.8. The van der Waals surface area contributed by atoms with Gasteiger partial charge in [0.05, 0.1) is 0 Å². The largest absolute Gasteiger partial charge is 0.480 e. The van der Waals surface area contributed by atoms with E-state index < -0.39 is 47.4 Å². The lowest BCUT2D eigenvalue weighted by molar-refractivity contribution is -0.140.